The van der Waals surface area contributed by atoms with E-state index in [0.29, 0.717) is 145 Å². The van der Waals surface area contributed by atoms with Gasteiger partial charge in [0, 0.05) is 128 Å². The monoisotopic (exact) mass is 1380 g/mol. The summed E-state index contributed by atoms with van der Waals surface area (Å²) < 4.78 is 31.3. The smallest absolute Gasteiger partial charge is 0.271 e. The highest BCUT2D eigenvalue weighted by Crippen LogP contribution is 2.35. The van der Waals surface area contributed by atoms with E-state index in [1.807, 2.05) is 105 Å². The van der Waals surface area contributed by atoms with Gasteiger partial charge in [-0.3, -0.25) is 28.8 Å². The van der Waals surface area contributed by atoms with Crippen molar-refractivity contribution in [2.45, 2.75) is 13.1 Å². The first kappa shape index (κ1) is 67.6. The van der Waals surface area contributed by atoms with Crippen molar-refractivity contribution in [1.29, 1.82) is 15.8 Å². The highest BCUT2D eigenvalue weighted by molar-refractivity contribution is 7.08. The van der Waals surface area contributed by atoms with Crippen molar-refractivity contribution < 1.29 is 23.2 Å². The van der Waals surface area contributed by atoms with Gasteiger partial charge in [0.1, 0.15) is 46.5 Å². The predicted molar refractivity (Wildman–Crippen MR) is 382 cm³/mol. The molecule has 4 aromatic heterocycles. The number of thiophene rings is 1. The lowest BCUT2D eigenvalue weighted by atomic mass is 10.1. The lowest BCUT2D eigenvalue weighted by Gasteiger charge is -2.37. The van der Waals surface area contributed by atoms with Crippen LogP contribution < -0.4 is 31.4 Å². The molecule has 99 heavy (non-hydrogen) atoms. The van der Waals surface area contributed by atoms with E-state index in [-0.39, 0.29) is 57.9 Å². The summed E-state index contributed by atoms with van der Waals surface area (Å²) >= 11 is 13.8. The minimum Gasteiger partial charge on any atom is -0.366 e. The summed E-state index contributed by atoms with van der Waals surface area (Å²) in [5.41, 5.74) is 6.63. The Kier molecular flexibility index (Phi) is 20.4. The number of hydrogen-bond donors (Lipinski definition) is 0. The van der Waals surface area contributed by atoms with E-state index < -0.39 is 11.4 Å². The Balaban J connectivity index is 0.000000143. The minimum atomic E-state index is -0.457. The van der Waals surface area contributed by atoms with Crippen LogP contribution in [0.4, 0.5) is 25.8 Å². The summed E-state index contributed by atoms with van der Waals surface area (Å²) in [5, 5.41) is 36.9. The number of fused-ring (bicyclic) bond motifs is 3. The number of aromatic nitrogens is 3. The number of benzene rings is 7. The molecular weight excluding hydrogens is 1320 g/mol. The molecule has 0 N–H and O–H groups in total. The van der Waals surface area contributed by atoms with Crippen LogP contribution in [0.5, 0.6) is 0 Å². The molecule has 0 bridgehead atoms. The van der Waals surface area contributed by atoms with Crippen molar-refractivity contribution in [1.82, 2.24) is 28.4 Å². The van der Waals surface area contributed by atoms with E-state index in [1.165, 1.54) is 56.9 Å². The van der Waals surface area contributed by atoms with Crippen molar-refractivity contribution in [3.05, 3.63) is 284 Å². The standard InChI is InChI=1S/C28H21ClF2N4O2.C28H23ClN4O2.C20H18N4O2S/c29-20-5-10-25-23(15-20)26(24(16-32)28(37)35(25)17-18-1-6-21(30)7-2-18)33-11-13-34(14-12-33)27(36)19-3-8-22(31)9-4-19;29-22-12-10-21(11-13-22)27(34)32-16-14-31(15-17-32)26-23-8-4-5-9-25(23)33(28(35)24(26)18-30)19-20-6-2-1-3-7-20;1-22-17-5-3-2-4-15(17)18(16(12-21)20(22)26)23-7-9-24(10-8-23)19(25)14-6-11-27-13-14/h1-10,15H,11-14,17H2;1-13H,14-17,19H2;2-6,11,13H,7-10H2,1H3. The third-order valence-corrected chi connectivity index (χ3v) is 19.2. The fourth-order valence-corrected chi connectivity index (χ4v) is 13.9. The van der Waals surface area contributed by atoms with Crippen molar-refractivity contribution >= 4 is 102 Å². The summed E-state index contributed by atoms with van der Waals surface area (Å²) in [4.78, 5) is 89.4. The topological polar surface area (TPSA) is 208 Å². The number of piperazine rings is 3. The Hall–Kier alpha value is -11.4. The molecular formula is C76H62Cl2F2N12O6S. The molecule has 14 rings (SSSR count). The largest absolute Gasteiger partial charge is 0.366 e. The maximum Gasteiger partial charge on any atom is 0.271 e. The summed E-state index contributed by atoms with van der Waals surface area (Å²) in [7, 11) is 1.69. The molecule has 496 valence electrons. The molecule has 11 aromatic rings. The molecule has 0 spiro atoms. The maximum absolute atomic E-state index is 13.5. The number of nitrogens with zero attached hydrogens (tertiary/aromatic N) is 12. The number of amides is 3. The van der Waals surface area contributed by atoms with Crippen molar-refractivity contribution in [3.63, 3.8) is 0 Å². The lowest BCUT2D eigenvalue weighted by Crippen LogP contribution is -2.49. The van der Waals surface area contributed by atoms with Crippen LogP contribution in [0.25, 0.3) is 32.7 Å². The number of pyridine rings is 3. The summed E-state index contributed by atoms with van der Waals surface area (Å²) in [6, 6.07) is 56.5. The second-order valence-electron chi connectivity index (χ2n) is 23.8. The van der Waals surface area contributed by atoms with Gasteiger partial charge in [0.25, 0.3) is 34.4 Å². The molecule has 3 aliphatic heterocycles. The van der Waals surface area contributed by atoms with Crippen LogP contribution in [0.15, 0.2) is 201 Å². The highest BCUT2D eigenvalue weighted by atomic mass is 35.5. The lowest BCUT2D eigenvalue weighted by molar-refractivity contribution is 0.0739. The summed E-state index contributed by atoms with van der Waals surface area (Å²) in [6.07, 6.45) is 0. The number of hydrogen-bond acceptors (Lipinski definition) is 13. The van der Waals surface area contributed by atoms with Gasteiger partial charge in [-0.1, -0.05) is 102 Å². The Morgan fingerprint density at radius 2 is 0.808 bits per heavy atom. The second-order valence-corrected chi connectivity index (χ2v) is 25.5. The molecule has 0 saturated carbocycles. The van der Waals surface area contributed by atoms with Crippen molar-refractivity contribution in [3.8, 4) is 18.2 Å². The second kappa shape index (κ2) is 29.9. The quantitative estimate of drug-likeness (QED) is 0.125. The van der Waals surface area contributed by atoms with E-state index in [0.717, 1.165) is 27.4 Å². The van der Waals surface area contributed by atoms with Gasteiger partial charge in [0.15, 0.2) is 0 Å². The van der Waals surface area contributed by atoms with Gasteiger partial charge in [0.05, 0.1) is 52.3 Å². The fraction of sp³-hybridized carbons (Fsp3) is 0.197. The number of para-hydroxylation sites is 2. The molecule has 0 radical (unpaired) electrons. The van der Waals surface area contributed by atoms with Crippen molar-refractivity contribution in [2.24, 2.45) is 7.05 Å². The first-order valence-electron chi connectivity index (χ1n) is 31.8. The van der Waals surface area contributed by atoms with Crippen LogP contribution >= 0.6 is 34.5 Å². The summed E-state index contributed by atoms with van der Waals surface area (Å²) in [6.45, 7) is 6.39. The first-order valence-corrected chi connectivity index (χ1v) is 33.5. The average Bonchev–Trinajstić information content (AvgIpc) is 0.856. The molecule has 0 unspecified atom stereocenters. The normalized spacial score (nSPS) is 13.8. The molecule has 0 aliphatic carbocycles. The first-order chi connectivity index (χ1) is 48.0. The molecule has 3 fully saturated rings. The zero-order valence-electron chi connectivity index (χ0n) is 53.5. The van der Waals surface area contributed by atoms with Gasteiger partial charge >= 0.3 is 0 Å². The molecule has 0 atom stereocenters. The van der Waals surface area contributed by atoms with Gasteiger partial charge < -0.3 is 43.1 Å². The van der Waals surface area contributed by atoms with Crippen molar-refractivity contribution in [2.75, 3.05) is 93.2 Å². The molecule has 3 aliphatic rings. The number of halogens is 4. The zero-order valence-corrected chi connectivity index (χ0v) is 55.9. The molecule has 23 heteroatoms. The van der Waals surface area contributed by atoms with Crippen LogP contribution in [0, 0.1) is 45.6 Å². The Morgan fingerprint density at radius 1 is 0.424 bits per heavy atom. The Labute approximate surface area is 581 Å². The molecule has 3 saturated heterocycles. The fourth-order valence-electron chi connectivity index (χ4n) is 12.9. The number of rotatable bonds is 10. The van der Waals surface area contributed by atoms with E-state index in [9.17, 15) is 53.3 Å². The molecule has 3 amide bonds. The SMILES string of the molecule is Cn1c(=O)c(C#N)c(N2CCN(C(=O)c3ccsc3)CC2)c2ccccc21.N#Cc1c(N2CCN(C(=O)c3ccc(Cl)cc3)CC2)c2ccccc2n(Cc2ccccc2)c1=O.N#Cc1c(N2CCN(C(=O)c3ccc(F)cc3)CC2)c2cc(Cl)ccc2n(Cc2ccc(F)cc2)c1=O. The Bertz CT molecular complexity index is 5200. The molecule has 7 heterocycles. The molecule has 18 nitrogen and oxygen atoms in total. The van der Waals surface area contributed by atoms with Gasteiger partial charge in [-0.05, 0) is 114 Å². The zero-order chi connectivity index (χ0) is 69.4. The highest BCUT2D eigenvalue weighted by Gasteiger charge is 2.31. The van der Waals surface area contributed by atoms with Crippen LogP contribution in [0.1, 0.15) is 58.9 Å². The van der Waals surface area contributed by atoms with Crippen LogP contribution in [-0.4, -0.2) is 125 Å². The van der Waals surface area contributed by atoms with E-state index in [1.54, 1.807) is 76.0 Å². The van der Waals surface area contributed by atoms with Gasteiger partial charge in [-0.25, -0.2) is 8.78 Å². The number of anilines is 3. The van der Waals surface area contributed by atoms with E-state index >= 15 is 0 Å². The molecule has 7 aromatic carbocycles. The van der Waals surface area contributed by atoms with Gasteiger partial charge in [0.2, 0.25) is 0 Å². The number of aryl methyl sites for hydroxylation is 1. The minimum absolute atomic E-state index is 0.0183. The average molecular weight is 1380 g/mol. The number of carbonyl (C=O) groups is 3. The van der Waals surface area contributed by atoms with E-state index in [2.05, 4.69) is 28.0 Å². The number of carbonyl (C=O) groups excluding carboxylic acids is 3. The van der Waals surface area contributed by atoms with Crippen LogP contribution in [-0.2, 0) is 20.1 Å². The maximum atomic E-state index is 13.5. The Morgan fingerprint density at radius 3 is 1.28 bits per heavy atom. The van der Waals surface area contributed by atoms with Gasteiger partial charge in [-0.2, -0.15) is 27.1 Å². The third-order valence-electron chi connectivity index (χ3n) is 18.0. The van der Waals surface area contributed by atoms with Crippen LogP contribution in [0.2, 0.25) is 10.0 Å². The predicted octanol–water partition coefficient (Wildman–Crippen LogP) is 11.8. The van der Waals surface area contributed by atoms with Crippen LogP contribution in [0.3, 0.4) is 0 Å². The third kappa shape index (κ3) is 14.2. The number of nitriles is 3. The summed E-state index contributed by atoms with van der Waals surface area (Å²) in [5.74, 6) is -1.01. The van der Waals surface area contributed by atoms with Gasteiger partial charge in [-0.15, -0.1) is 0 Å². The van der Waals surface area contributed by atoms with E-state index in [4.69, 9.17) is 23.2 Å².